The first-order chi connectivity index (χ1) is 11.0. The molecule has 0 aliphatic heterocycles. The third-order valence-electron chi connectivity index (χ3n) is 3.14. The maximum absolute atomic E-state index is 11.7. The minimum absolute atomic E-state index is 0.113. The van der Waals surface area contributed by atoms with E-state index in [9.17, 15) is 9.59 Å². The van der Waals surface area contributed by atoms with Crippen LogP contribution in [0.1, 0.15) is 22.3 Å². The lowest BCUT2D eigenvalue weighted by Gasteiger charge is -2.08. The zero-order valence-corrected chi connectivity index (χ0v) is 13.2. The Labute approximate surface area is 139 Å². The van der Waals surface area contributed by atoms with Crippen LogP contribution in [0.25, 0.3) is 0 Å². The third kappa shape index (κ3) is 5.64. The molecule has 2 rings (SSSR count). The molecule has 6 heteroatoms. The standard InChI is InChI=1S/C17H17ClN2O3/c18-14-5-7-15(8-6-14)23-10-9-16(21)20-11-12-1-3-13(4-2-12)17(19)22/h1-8H,9-11H2,(H2,19,22)(H,20,21). The lowest BCUT2D eigenvalue weighted by Crippen LogP contribution is -2.24. The van der Waals surface area contributed by atoms with E-state index in [0.29, 0.717) is 22.9 Å². The van der Waals surface area contributed by atoms with E-state index >= 15 is 0 Å². The second kappa shape index (κ2) is 8.19. The molecule has 0 fully saturated rings. The molecule has 0 saturated heterocycles. The van der Waals surface area contributed by atoms with Crippen molar-refractivity contribution < 1.29 is 14.3 Å². The van der Waals surface area contributed by atoms with Crippen LogP contribution in [0.15, 0.2) is 48.5 Å². The molecule has 0 radical (unpaired) electrons. The molecule has 5 nitrogen and oxygen atoms in total. The molecule has 0 bridgehead atoms. The molecule has 0 aliphatic rings. The summed E-state index contributed by atoms with van der Waals surface area (Å²) >= 11 is 5.78. The normalized spacial score (nSPS) is 10.1. The number of rotatable bonds is 7. The Kier molecular flexibility index (Phi) is 6.00. The summed E-state index contributed by atoms with van der Waals surface area (Å²) in [6.45, 7) is 0.674. The highest BCUT2D eigenvalue weighted by Crippen LogP contribution is 2.15. The van der Waals surface area contributed by atoms with Crippen LogP contribution < -0.4 is 15.8 Å². The molecular formula is C17H17ClN2O3. The number of ether oxygens (including phenoxy) is 1. The Morgan fingerprint density at radius 1 is 1.04 bits per heavy atom. The summed E-state index contributed by atoms with van der Waals surface area (Å²) in [4.78, 5) is 22.7. The predicted octanol–water partition coefficient (Wildman–Crippen LogP) is 2.52. The largest absolute Gasteiger partial charge is 0.493 e. The van der Waals surface area contributed by atoms with E-state index in [2.05, 4.69) is 5.32 Å². The van der Waals surface area contributed by atoms with Gasteiger partial charge in [-0.1, -0.05) is 23.7 Å². The molecule has 0 aromatic heterocycles. The maximum atomic E-state index is 11.7. The minimum atomic E-state index is -0.472. The smallest absolute Gasteiger partial charge is 0.248 e. The van der Waals surface area contributed by atoms with Crippen LogP contribution in [-0.2, 0) is 11.3 Å². The second-order valence-corrected chi connectivity index (χ2v) is 5.33. The fourth-order valence-electron chi connectivity index (χ4n) is 1.87. The van der Waals surface area contributed by atoms with Gasteiger partial charge in [-0.3, -0.25) is 9.59 Å². The summed E-state index contributed by atoms with van der Waals surface area (Å²) in [5, 5.41) is 3.42. The molecular weight excluding hydrogens is 316 g/mol. The van der Waals surface area contributed by atoms with E-state index < -0.39 is 5.91 Å². The first-order valence-electron chi connectivity index (χ1n) is 7.08. The topological polar surface area (TPSA) is 81.4 Å². The van der Waals surface area contributed by atoms with Gasteiger partial charge < -0.3 is 15.8 Å². The number of nitrogens with one attached hydrogen (secondary N) is 1. The number of hydrogen-bond acceptors (Lipinski definition) is 3. The van der Waals surface area contributed by atoms with Crippen molar-refractivity contribution in [3.8, 4) is 5.75 Å². The van der Waals surface area contributed by atoms with E-state index in [-0.39, 0.29) is 18.9 Å². The van der Waals surface area contributed by atoms with Crippen molar-refractivity contribution in [1.82, 2.24) is 5.32 Å². The van der Waals surface area contributed by atoms with Crippen LogP contribution in [0.2, 0.25) is 5.02 Å². The van der Waals surface area contributed by atoms with Crippen molar-refractivity contribution in [2.75, 3.05) is 6.61 Å². The average Bonchev–Trinajstić information content (AvgIpc) is 2.55. The molecule has 23 heavy (non-hydrogen) atoms. The molecule has 3 N–H and O–H groups in total. The monoisotopic (exact) mass is 332 g/mol. The second-order valence-electron chi connectivity index (χ2n) is 4.89. The number of carbonyl (C=O) groups is 2. The van der Waals surface area contributed by atoms with Gasteiger partial charge >= 0.3 is 0 Å². The van der Waals surface area contributed by atoms with Gasteiger partial charge in [-0.05, 0) is 42.0 Å². The van der Waals surface area contributed by atoms with Crippen molar-refractivity contribution in [2.45, 2.75) is 13.0 Å². The van der Waals surface area contributed by atoms with Crippen LogP contribution in [-0.4, -0.2) is 18.4 Å². The molecule has 0 saturated carbocycles. The zero-order chi connectivity index (χ0) is 16.7. The van der Waals surface area contributed by atoms with Crippen LogP contribution in [0.3, 0.4) is 0 Å². The van der Waals surface area contributed by atoms with Gasteiger partial charge in [0.1, 0.15) is 5.75 Å². The van der Waals surface area contributed by atoms with Gasteiger partial charge in [0.05, 0.1) is 13.0 Å². The molecule has 2 amide bonds. The Balaban J connectivity index is 1.70. The van der Waals surface area contributed by atoms with E-state index in [1.54, 1.807) is 48.5 Å². The number of hydrogen-bond donors (Lipinski definition) is 2. The maximum Gasteiger partial charge on any atom is 0.248 e. The Hall–Kier alpha value is -2.53. The lowest BCUT2D eigenvalue weighted by atomic mass is 10.1. The van der Waals surface area contributed by atoms with Crippen LogP contribution in [0.5, 0.6) is 5.75 Å². The highest BCUT2D eigenvalue weighted by atomic mass is 35.5. The number of carbonyl (C=O) groups excluding carboxylic acids is 2. The van der Waals surface area contributed by atoms with Crippen molar-refractivity contribution in [3.05, 3.63) is 64.7 Å². The molecule has 120 valence electrons. The van der Waals surface area contributed by atoms with Crippen molar-refractivity contribution in [1.29, 1.82) is 0 Å². The fraction of sp³-hybridized carbons (Fsp3) is 0.176. The van der Waals surface area contributed by atoms with Crippen molar-refractivity contribution in [2.24, 2.45) is 5.73 Å². The minimum Gasteiger partial charge on any atom is -0.493 e. The molecule has 0 atom stereocenters. The summed E-state index contributed by atoms with van der Waals surface area (Å²) in [5.41, 5.74) is 6.50. The SMILES string of the molecule is NC(=O)c1ccc(CNC(=O)CCOc2ccc(Cl)cc2)cc1. The third-order valence-corrected chi connectivity index (χ3v) is 3.39. The Bertz CT molecular complexity index is 669. The number of halogens is 1. The van der Waals surface area contributed by atoms with Gasteiger partial charge in [0.2, 0.25) is 11.8 Å². The molecule has 0 heterocycles. The predicted molar refractivity (Wildman–Crippen MR) is 88.4 cm³/mol. The highest BCUT2D eigenvalue weighted by molar-refractivity contribution is 6.30. The zero-order valence-electron chi connectivity index (χ0n) is 12.4. The first-order valence-corrected chi connectivity index (χ1v) is 7.46. The van der Waals surface area contributed by atoms with Gasteiger partial charge in [-0.2, -0.15) is 0 Å². The number of benzene rings is 2. The first kappa shape index (κ1) is 16.8. The number of primary amides is 1. The van der Waals surface area contributed by atoms with Gasteiger partial charge in [0.15, 0.2) is 0 Å². The van der Waals surface area contributed by atoms with Crippen LogP contribution in [0, 0.1) is 0 Å². The average molecular weight is 333 g/mol. The summed E-state index contributed by atoms with van der Waals surface area (Å²) < 4.78 is 5.45. The van der Waals surface area contributed by atoms with Crippen molar-refractivity contribution >= 4 is 23.4 Å². The van der Waals surface area contributed by atoms with Crippen molar-refractivity contribution in [3.63, 3.8) is 0 Å². The van der Waals surface area contributed by atoms with E-state index in [4.69, 9.17) is 22.1 Å². The number of nitrogens with two attached hydrogens (primary N) is 1. The van der Waals surface area contributed by atoms with Crippen LogP contribution in [0.4, 0.5) is 0 Å². The molecule has 0 aliphatic carbocycles. The van der Waals surface area contributed by atoms with Gasteiger partial charge in [-0.25, -0.2) is 0 Å². The molecule has 0 spiro atoms. The van der Waals surface area contributed by atoms with E-state index in [1.807, 2.05) is 0 Å². The summed E-state index contributed by atoms with van der Waals surface area (Å²) in [6.07, 6.45) is 0.252. The lowest BCUT2D eigenvalue weighted by molar-refractivity contribution is -0.121. The van der Waals surface area contributed by atoms with Gasteiger partial charge in [-0.15, -0.1) is 0 Å². The van der Waals surface area contributed by atoms with Crippen LogP contribution >= 0.6 is 11.6 Å². The molecule has 0 unspecified atom stereocenters. The van der Waals surface area contributed by atoms with Gasteiger partial charge in [0, 0.05) is 17.1 Å². The Morgan fingerprint density at radius 3 is 2.30 bits per heavy atom. The number of amides is 2. The molecule has 2 aromatic rings. The Morgan fingerprint density at radius 2 is 1.70 bits per heavy atom. The fourth-order valence-corrected chi connectivity index (χ4v) is 1.99. The summed E-state index contributed by atoms with van der Waals surface area (Å²) in [5.74, 6) is 0.0853. The highest BCUT2D eigenvalue weighted by Gasteiger charge is 2.04. The van der Waals surface area contributed by atoms with Gasteiger partial charge in [0.25, 0.3) is 0 Å². The van der Waals surface area contributed by atoms with E-state index in [1.165, 1.54) is 0 Å². The summed E-state index contributed by atoms with van der Waals surface area (Å²) in [7, 11) is 0. The molecule has 2 aromatic carbocycles. The summed E-state index contributed by atoms with van der Waals surface area (Å²) in [6, 6.07) is 13.7. The van der Waals surface area contributed by atoms with E-state index in [0.717, 1.165) is 5.56 Å². The quantitative estimate of drug-likeness (QED) is 0.817.